The molecular weight excluding hydrogens is 325 g/mol. The van der Waals surface area contributed by atoms with Crippen LogP contribution in [0.2, 0.25) is 0 Å². The maximum absolute atomic E-state index is 11.8. The van der Waals surface area contributed by atoms with Crippen molar-refractivity contribution in [3.8, 4) is 0 Å². The summed E-state index contributed by atoms with van der Waals surface area (Å²) in [5, 5.41) is 0. The average molecular weight is 341 g/mol. The number of likely N-dealkylation sites (tertiary alicyclic amines) is 1. The minimum atomic E-state index is -0.543. The number of halogens is 1. The summed E-state index contributed by atoms with van der Waals surface area (Å²) in [6, 6.07) is -0.494. The minimum absolute atomic E-state index is 0.385. The van der Waals surface area contributed by atoms with Crippen LogP contribution in [0, 0.1) is 0 Å². The smallest absolute Gasteiger partial charge is 0.411 e. The van der Waals surface area contributed by atoms with Crippen LogP contribution in [0.25, 0.3) is 0 Å². The first-order chi connectivity index (χ1) is 7.35. The van der Waals surface area contributed by atoms with Gasteiger partial charge in [-0.15, -0.1) is 0 Å². The van der Waals surface area contributed by atoms with Gasteiger partial charge in [0.05, 0.1) is 0 Å². The molecule has 0 radical (unpaired) electrons. The zero-order valence-corrected chi connectivity index (χ0v) is 11.8. The molecule has 0 saturated carbocycles. The van der Waals surface area contributed by atoms with Gasteiger partial charge < -0.3 is 7.80 Å². The molecule has 1 aliphatic rings. The van der Waals surface area contributed by atoms with Gasteiger partial charge in [-0.2, -0.15) is 0 Å². The molecule has 0 aromatic carbocycles. The lowest BCUT2D eigenvalue weighted by Gasteiger charge is -2.27. The number of amides is 1. The lowest BCUT2D eigenvalue weighted by Crippen LogP contribution is -2.43. The summed E-state index contributed by atoms with van der Waals surface area (Å²) in [5.41, 5.74) is -0.543. The van der Waals surface area contributed by atoms with Crippen LogP contribution in [0.4, 0.5) is 4.79 Å². The van der Waals surface area contributed by atoms with Crippen LogP contribution >= 0.6 is 23.0 Å². The molecule has 0 aliphatic carbocycles. The Hall–Kier alpha value is -0.530. The summed E-state index contributed by atoms with van der Waals surface area (Å²) in [5.74, 6) is -0.385. The highest BCUT2D eigenvalue weighted by Crippen LogP contribution is 2.22. The molecule has 92 valence electrons. The van der Waals surface area contributed by atoms with Gasteiger partial charge in [0.1, 0.15) is 11.6 Å². The van der Waals surface area contributed by atoms with Crippen LogP contribution in [0.5, 0.6) is 0 Å². The van der Waals surface area contributed by atoms with Crippen molar-refractivity contribution in [1.82, 2.24) is 4.90 Å². The zero-order chi connectivity index (χ0) is 12.3. The van der Waals surface area contributed by atoms with Crippen molar-refractivity contribution < 1.29 is 17.4 Å². The number of carbonyl (C=O) groups is 2. The molecule has 1 heterocycles. The third-order valence-corrected chi connectivity index (χ3v) is 2.66. The van der Waals surface area contributed by atoms with Crippen molar-refractivity contribution >= 4 is 35.1 Å². The Labute approximate surface area is 109 Å². The minimum Gasteiger partial charge on any atom is -0.444 e. The molecule has 1 aliphatic heterocycles. The number of rotatable bonds is 1. The van der Waals surface area contributed by atoms with E-state index in [9.17, 15) is 9.59 Å². The molecule has 6 heteroatoms. The maximum atomic E-state index is 11.8. The molecule has 1 fully saturated rings. The molecule has 16 heavy (non-hydrogen) atoms. The van der Waals surface area contributed by atoms with E-state index in [1.807, 2.05) is 0 Å². The first-order valence-electron chi connectivity index (χ1n) is 5.17. The molecule has 0 spiro atoms. The molecule has 0 N–H and O–H groups in total. The summed E-state index contributed by atoms with van der Waals surface area (Å²) in [6.45, 7) is 5.94. The first kappa shape index (κ1) is 13.5. The zero-order valence-electron chi connectivity index (χ0n) is 9.66. The van der Waals surface area contributed by atoms with E-state index in [1.54, 1.807) is 20.8 Å². The second-order valence-electron chi connectivity index (χ2n) is 4.73. The third-order valence-electron chi connectivity index (χ3n) is 2.23. The lowest BCUT2D eigenvalue weighted by molar-refractivity contribution is -0.136. The second kappa shape index (κ2) is 5.20. The van der Waals surface area contributed by atoms with Gasteiger partial charge in [0, 0.05) is 6.54 Å². The van der Waals surface area contributed by atoms with Crippen LogP contribution in [0.1, 0.15) is 33.6 Å². The van der Waals surface area contributed by atoms with Crippen LogP contribution in [-0.4, -0.2) is 35.2 Å². The largest absolute Gasteiger partial charge is 0.444 e. The van der Waals surface area contributed by atoms with Crippen molar-refractivity contribution in [2.45, 2.75) is 45.3 Å². The van der Waals surface area contributed by atoms with E-state index < -0.39 is 17.7 Å². The summed E-state index contributed by atoms with van der Waals surface area (Å²) in [7, 11) is 0. The Balaban J connectivity index is 2.65. The van der Waals surface area contributed by atoms with Gasteiger partial charge in [0.15, 0.2) is 23.0 Å². The Morgan fingerprint density at radius 2 is 2.00 bits per heavy atom. The molecule has 5 nitrogen and oxygen atoms in total. The lowest BCUT2D eigenvalue weighted by atomic mass is 10.2. The van der Waals surface area contributed by atoms with Crippen LogP contribution in [0.15, 0.2) is 0 Å². The number of ether oxygens (including phenoxy) is 1. The molecule has 1 atom stereocenters. The maximum Gasteiger partial charge on any atom is 0.411 e. The highest BCUT2D eigenvalue weighted by molar-refractivity contribution is 14.1. The van der Waals surface area contributed by atoms with E-state index in [1.165, 1.54) is 27.9 Å². The van der Waals surface area contributed by atoms with E-state index in [0.717, 1.165) is 6.42 Å². The van der Waals surface area contributed by atoms with Gasteiger partial charge in [-0.05, 0) is 33.6 Å². The molecule has 1 saturated heterocycles. The molecule has 0 unspecified atom stereocenters. The van der Waals surface area contributed by atoms with Crippen LogP contribution in [-0.2, 0) is 12.6 Å². The van der Waals surface area contributed by atoms with Crippen LogP contribution in [0.3, 0.4) is 0 Å². The molecule has 0 aromatic rings. The van der Waals surface area contributed by atoms with Crippen molar-refractivity contribution in [2.24, 2.45) is 0 Å². The number of nitrogens with zero attached hydrogens (tertiary/aromatic N) is 1. The van der Waals surface area contributed by atoms with E-state index in [2.05, 4.69) is 3.07 Å². The van der Waals surface area contributed by atoms with E-state index in [-0.39, 0.29) is 5.97 Å². The normalized spacial score (nSPS) is 20.8. The molecule has 1 amide bonds. The summed E-state index contributed by atoms with van der Waals surface area (Å²) < 4.78 is 9.85. The molecule has 0 aromatic heterocycles. The quantitative estimate of drug-likeness (QED) is 0.687. The van der Waals surface area contributed by atoms with Gasteiger partial charge in [-0.3, -0.25) is 4.90 Å². The predicted octanol–water partition coefficient (Wildman–Crippen LogP) is 2.28. The van der Waals surface area contributed by atoms with Gasteiger partial charge >= 0.3 is 12.1 Å². The Morgan fingerprint density at radius 1 is 1.38 bits per heavy atom. The van der Waals surface area contributed by atoms with Crippen molar-refractivity contribution in [2.75, 3.05) is 6.54 Å². The topological polar surface area (TPSA) is 55.8 Å². The Morgan fingerprint density at radius 3 is 2.50 bits per heavy atom. The summed E-state index contributed by atoms with van der Waals surface area (Å²) in [4.78, 5) is 24.6. The average Bonchev–Trinajstić information content (AvgIpc) is 2.62. The fraction of sp³-hybridized carbons (Fsp3) is 0.800. The standard InChI is InChI=1S/C10H16INO4/c1-10(2,3)15-9(14)12-6-4-5-7(12)8(13)16-11/h7H,4-6H2,1-3H3/t7-/m0/s1. The fourth-order valence-electron chi connectivity index (χ4n) is 1.60. The van der Waals surface area contributed by atoms with E-state index >= 15 is 0 Å². The Bertz CT molecular complexity index is 287. The van der Waals surface area contributed by atoms with Gasteiger partial charge in [-0.1, -0.05) is 0 Å². The fourth-order valence-corrected chi connectivity index (χ4v) is 1.90. The summed E-state index contributed by atoms with van der Waals surface area (Å²) in [6.07, 6.45) is 0.994. The highest BCUT2D eigenvalue weighted by Gasteiger charge is 2.37. The monoisotopic (exact) mass is 341 g/mol. The highest BCUT2D eigenvalue weighted by atomic mass is 127. The molecule has 1 rings (SSSR count). The molecule has 0 bridgehead atoms. The number of hydrogen-bond acceptors (Lipinski definition) is 4. The van der Waals surface area contributed by atoms with Crippen molar-refractivity contribution in [1.29, 1.82) is 0 Å². The van der Waals surface area contributed by atoms with E-state index in [4.69, 9.17) is 4.74 Å². The Kier molecular flexibility index (Phi) is 4.40. The van der Waals surface area contributed by atoms with E-state index in [0.29, 0.717) is 13.0 Å². The predicted molar refractivity (Wildman–Crippen MR) is 66.1 cm³/mol. The number of hydrogen-bond donors (Lipinski definition) is 0. The van der Waals surface area contributed by atoms with Crippen molar-refractivity contribution in [3.63, 3.8) is 0 Å². The summed E-state index contributed by atoms with van der Waals surface area (Å²) >= 11 is 1.54. The third kappa shape index (κ3) is 3.50. The van der Waals surface area contributed by atoms with Gasteiger partial charge in [-0.25, -0.2) is 9.59 Å². The molecular formula is C10H16INO4. The van der Waals surface area contributed by atoms with Crippen LogP contribution < -0.4 is 0 Å². The van der Waals surface area contributed by atoms with Gasteiger partial charge in [0.25, 0.3) is 0 Å². The number of carbonyl (C=O) groups excluding carboxylic acids is 2. The first-order valence-corrected chi connectivity index (χ1v) is 6.05. The SMILES string of the molecule is CC(C)(C)OC(=O)N1CCC[C@H]1C(=O)OI. The van der Waals surface area contributed by atoms with Gasteiger partial charge in [0.2, 0.25) is 0 Å². The second-order valence-corrected chi connectivity index (χ2v) is 5.17. The van der Waals surface area contributed by atoms with Crippen molar-refractivity contribution in [3.05, 3.63) is 0 Å².